The second-order valence-electron chi connectivity index (χ2n) is 5.47. The monoisotopic (exact) mass is 269 g/mol. The molecule has 0 amide bonds. The number of nitrogens with one attached hydrogen (secondary N) is 1. The second kappa shape index (κ2) is 6.86. The van der Waals surface area contributed by atoms with E-state index in [4.69, 9.17) is 17.3 Å². The van der Waals surface area contributed by atoms with E-state index >= 15 is 0 Å². The first kappa shape index (κ1) is 15.1. The van der Waals surface area contributed by atoms with E-state index in [2.05, 4.69) is 38.2 Å². The third-order valence-corrected chi connectivity index (χ3v) is 3.01. The summed E-state index contributed by atoms with van der Waals surface area (Å²) in [6.45, 7) is 5.45. The highest BCUT2D eigenvalue weighted by Crippen LogP contribution is 2.25. The second-order valence-corrected chi connectivity index (χ2v) is 5.88. The van der Waals surface area contributed by atoms with E-state index < -0.39 is 0 Å². The van der Waals surface area contributed by atoms with Crippen molar-refractivity contribution in [1.29, 1.82) is 0 Å². The predicted molar refractivity (Wildman–Crippen MR) is 81.3 cm³/mol. The predicted octanol–water partition coefficient (Wildman–Crippen LogP) is 3.31. The van der Waals surface area contributed by atoms with Crippen molar-refractivity contribution in [3.05, 3.63) is 23.2 Å². The van der Waals surface area contributed by atoms with Crippen LogP contribution in [0.25, 0.3) is 0 Å². The topological polar surface area (TPSA) is 41.3 Å². The van der Waals surface area contributed by atoms with Crippen molar-refractivity contribution in [3.63, 3.8) is 0 Å². The van der Waals surface area contributed by atoms with E-state index in [-0.39, 0.29) is 0 Å². The summed E-state index contributed by atoms with van der Waals surface area (Å²) < 4.78 is 0. The fourth-order valence-corrected chi connectivity index (χ4v) is 2.30. The maximum atomic E-state index is 6.19. The van der Waals surface area contributed by atoms with Crippen LogP contribution in [0, 0.1) is 5.92 Å². The van der Waals surface area contributed by atoms with Gasteiger partial charge in [0.1, 0.15) is 0 Å². The standard InChI is InChI=1S/C14H24ClN3/c1-10(2)7-12(9-18(3)4)17-14-6-5-11(16)8-13(14)15/h5-6,8,10,12,17H,7,9,16H2,1-4H3. The lowest BCUT2D eigenvalue weighted by molar-refractivity contribution is 0.356. The van der Waals surface area contributed by atoms with Gasteiger partial charge in [-0.2, -0.15) is 0 Å². The zero-order valence-corrected chi connectivity index (χ0v) is 12.5. The number of rotatable bonds is 6. The van der Waals surface area contributed by atoms with Crippen molar-refractivity contribution in [2.75, 3.05) is 31.7 Å². The van der Waals surface area contributed by atoms with Crippen molar-refractivity contribution in [3.8, 4) is 0 Å². The Morgan fingerprint density at radius 2 is 2.00 bits per heavy atom. The number of anilines is 2. The van der Waals surface area contributed by atoms with Crippen molar-refractivity contribution in [2.24, 2.45) is 5.92 Å². The Bertz CT molecular complexity index is 367. The van der Waals surface area contributed by atoms with Crippen molar-refractivity contribution >= 4 is 23.0 Å². The minimum absolute atomic E-state index is 0.390. The lowest BCUT2D eigenvalue weighted by Crippen LogP contribution is -2.33. The van der Waals surface area contributed by atoms with Crippen LogP contribution in [0.15, 0.2) is 18.2 Å². The van der Waals surface area contributed by atoms with E-state index in [1.165, 1.54) is 0 Å². The molecule has 0 radical (unpaired) electrons. The van der Waals surface area contributed by atoms with Crippen LogP contribution in [0.1, 0.15) is 20.3 Å². The van der Waals surface area contributed by atoms with Crippen LogP contribution in [0.5, 0.6) is 0 Å². The largest absolute Gasteiger partial charge is 0.399 e. The van der Waals surface area contributed by atoms with E-state index in [9.17, 15) is 0 Å². The number of hydrogen-bond donors (Lipinski definition) is 2. The number of nitrogen functional groups attached to an aromatic ring is 1. The Hall–Kier alpha value is -0.930. The molecule has 0 aliphatic heterocycles. The van der Waals surface area contributed by atoms with Crippen LogP contribution >= 0.6 is 11.6 Å². The van der Waals surface area contributed by atoms with Gasteiger partial charge in [0.2, 0.25) is 0 Å². The van der Waals surface area contributed by atoms with Gasteiger partial charge < -0.3 is 16.0 Å². The molecule has 0 heterocycles. The first-order chi connectivity index (χ1) is 8.38. The summed E-state index contributed by atoms with van der Waals surface area (Å²) >= 11 is 6.19. The lowest BCUT2D eigenvalue weighted by Gasteiger charge is -2.25. The molecule has 1 unspecified atom stereocenters. The minimum atomic E-state index is 0.390. The Morgan fingerprint density at radius 1 is 1.33 bits per heavy atom. The number of halogens is 1. The van der Waals surface area contributed by atoms with Gasteiger partial charge in [0.15, 0.2) is 0 Å². The molecule has 1 aromatic rings. The Labute approximate surface area is 115 Å². The molecule has 0 bridgehead atoms. The fraction of sp³-hybridized carbons (Fsp3) is 0.571. The van der Waals surface area contributed by atoms with Gasteiger partial charge in [-0.05, 0) is 44.6 Å². The normalized spacial score (nSPS) is 13.1. The molecule has 0 aliphatic rings. The average Bonchev–Trinajstić information content (AvgIpc) is 2.20. The van der Waals surface area contributed by atoms with Crippen molar-refractivity contribution in [2.45, 2.75) is 26.3 Å². The van der Waals surface area contributed by atoms with Crippen LogP contribution < -0.4 is 11.1 Å². The highest BCUT2D eigenvalue weighted by atomic mass is 35.5. The van der Waals surface area contributed by atoms with Gasteiger partial charge >= 0.3 is 0 Å². The highest BCUT2D eigenvalue weighted by Gasteiger charge is 2.13. The van der Waals surface area contributed by atoms with Gasteiger partial charge in [-0.1, -0.05) is 25.4 Å². The molecule has 0 saturated heterocycles. The quantitative estimate of drug-likeness (QED) is 0.779. The summed E-state index contributed by atoms with van der Waals surface area (Å²) in [6, 6.07) is 5.99. The van der Waals surface area contributed by atoms with Crippen LogP contribution in [-0.4, -0.2) is 31.6 Å². The molecule has 1 atom stereocenters. The van der Waals surface area contributed by atoms with Crippen LogP contribution in [0.3, 0.4) is 0 Å². The molecule has 3 N–H and O–H groups in total. The van der Waals surface area contributed by atoms with Gasteiger partial charge in [-0.15, -0.1) is 0 Å². The van der Waals surface area contributed by atoms with Gasteiger partial charge in [-0.25, -0.2) is 0 Å². The summed E-state index contributed by atoms with van der Waals surface area (Å²) in [5.74, 6) is 0.648. The molecule has 0 saturated carbocycles. The maximum Gasteiger partial charge on any atom is 0.0658 e. The molecular weight excluding hydrogens is 246 g/mol. The fourth-order valence-electron chi connectivity index (χ4n) is 2.06. The molecule has 102 valence electrons. The molecule has 1 rings (SSSR count). The summed E-state index contributed by atoms with van der Waals surface area (Å²) in [5, 5.41) is 4.19. The third kappa shape index (κ3) is 5.15. The first-order valence-corrected chi connectivity index (χ1v) is 6.72. The summed E-state index contributed by atoms with van der Waals surface area (Å²) in [7, 11) is 4.17. The number of likely N-dealkylation sites (N-methyl/N-ethyl adjacent to an activating group) is 1. The van der Waals surface area contributed by atoms with Gasteiger partial charge in [0.25, 0.3) is 0 Å². The SMILES string of the molecule is CC(C)CC(CN(C)C)Nc1ccc(N)cc1Cl. The Balaban J connectivity index is 2.75. The summed E-state index contributed by atoms with van der Waals surface area (Å²) in [6.07, 6.45) is 1.11. The average molecular weight is 270 g/mol. The van der Waals surface area contributed by atoms with E-state index in [1.54, 1.807) is 6.07 Å². The van der Waals surface area contributed by atoms with Crippen LogP contribution in [0.2, 0.25) is 5.02 Å². The molecule has 4 heteroatoms. The number of nitrogens with zero attached hydrogens (tertiary/aromatic N) is 1. The molecule has 18 heavy (non-hydrogen) atoms. The van der Waals surface area contributed by atoms with E-state index in [0.717, 1.165) is 18.7 Å². The third-order valence-electron chi connectivity index (χ3n) is 2.69. The molecular formula is C14H24ClN3. The molecule has 3 nitrogen and oxygen atoms in total. The lowest BCUT2D eigenvalue weighted by atomic mass is 10.0. The van der Waals surface area contributed by atoms with Gasteiger partial charge in [0, 0.05) is 18.3 Å². The first-order valence-electron chi connectivity index (χ1n) is 6.34. The van der Waals surface area contributed by atoms with Gasteiger partial charge in [0.05, 0.1) is 10.7 Å². The molecule has 1 aromatic carbocycles. The zero-order valence-electron chi connectivity index (χ0n) is 11.7. The van der Waals surface area contributed by atoms with Crippen LogP contribution in [-0.2, 0) is 0 Å². The Kier molecular flexibility index (Phi) is 5.76. The Morgan fingerprint density at radius 3 is 2.50 bits per heavy atom. The molecule has 0 fully saturated rings. The number of benzene rings is 1. The smallest absolute Gasteiger partial charge is 0.0658 e. The minimum Gasteiger partial charge on any atom is -0.399 e. The van der Waals surface area contributed by atoms with Crippen molar-refractivity contribution in [1.82, 2.24) is 4.90 Å². The van der Waals surface area contributed by atoms with E-state index in [1.807, 2.05) is 12.1 Å². The molecule has 0 aromatic heterocycles. The van der Waals surface area contributed by atoms with Gasteiger partial charge in [-0.3, -0.25) is 0 Å². The van der Waals surface area contributed by atoms with E-state index in [0.29, 0.717) is 22.7 Å². The number of hydrogen-bond acceptors (Lipinski definition) is 3. The zero-order chi connectivity index (χ0) is 13.7. The summed E-state index contributed by atoms with van der Waals surface area (Å²) in [5.41, 5.74) is 7.35. The molecule has 0 spiro atoms. The van der Waals surface area contributed by atoms with Crippen LogP contribution in [0.4, 0.5) is 11.4 Å². The maximum absolute atomic E-state index is 6.19. The highest BCUT2D eigenvalue weighted by molar-refractivity contribution is 6.33. The summed E-state index contributed by atoms with van der Waals surface area (Å²) in [4.78, 5) is 2.19. The number of nitrogens with two attached hydrogens (primary N) is 1. The van der Waals surface area contributed by atoms with Crippen molar-refractivity contribution < 1.29 is 0 Å². The molecule has 0 aliphatic carbocycles.